The van der Waals surface area contributed by atoms with Crippen LogP contribution >= 0.6 is 0 Å². The molecule has 104 valence electrons. The summed E-state index contributed by atoms with van der Waals surface area (Å²) in [6, 6.07) is 0. The van der Waals surface area contributed by atoms with E-state index in [0.29, 0.717) is 24.0 Å². The molecule has 2 rings (SSSR count). The Morgan fingerprint density at radius 2 is 2.32 bits per heavy atom. The highest BCUT2D eigenvalue weighted by Gasteiger charge is 2.21. The molecule has 0 saturated carbocycles. The number of rotatable bonds is 5. The van der Waals surface area contributed by atoms with Crippen LogP contribution in [0.1, 0.15) is 23.8 Å². The van der Waals surface area contributed by atoms with Gasteiger partial charge in [0, 0.05) is 20.1 Å². The first-order valence-corrected chi connectivity index (χ1v) is 6.73. The molecular formula is C13H21N5O. The summed E-state index contributed by atoms with van der Waals surface area (Å²) in [4.78, 5) is 22.5. The van der Waals surface area contributed by atoms with Crippen molar-refractivity contribution in [2.45, 2.75) is 13.3 Å². The second-order valence-corrected chi connectivity index (χ2v) is 4.79. The van der Waals surface area contributed by atoms with E-state index in [-0.39, 0.29) is 5.91 Å². The zero-order valence-corrected chi connectivity index (χ0v) is 11.5. The van der Waals surface area contributed by atoms with Crippen molar-refractivity contribution in [1.29, 1.82) is 0 Å². The van der Waals surface area contributed by atoms with E-state index in [4.69, 9.17) is 0 Å². The molecule has 1 aromatic heterocycles. The topological polar surface area (TPSA) is 70.2 Å². The van der Waals surface area contributed by atoms with Crippen LogP contribution in [0.15, 0.2) is 12.4 Å². The van der Waals surface area contributed by atoms with Crippen molar-refractivity contribution >= 4 is 11.7 Å². The summed E-state index contributed by atoms with van der Waals surface area (Å²) in [7, 11) is 1.77. The van der Waals surface area contributed by atoms with Gasteiger partial charge in [-0.25, -0.2) is 9.97 Å². The van der Waals surface area contributed by atoms with Crippen LogP contribution in [-0.2, 0) is 0 Å². The van der Waals surface area contributed by atoms with Crippen molar-refractivity contribution in [3.63, 3.8) is 0 Å². The van der Waals surface area contributed by atoms with Gasteiger partial charge in [0.05, 0.1) is 12.4 Å². The third-order valence-electron chi connectivity index (χ3n) is 3.51. The van der Waals surface area contributed by atoms with Crippen LogP contribution in [0.5, 0.6) is 0 Å². The summed E-state index contributed by atoms with van der Waals surface area (Å²) in [5, 5.41) is 5.80. The van der Waals surface area contributed by atoms with Crippen molar-refractivity contribution in [3.05, 3.63) is 18.1 Å². The lowest BCUT2D eigenvalue weighted by molar-refractivity contribution is 0.0942. The summed E-state index contributed by atoms with van der Waals surface area (Å²) < 4.78 is 0. The Balaban J connectivity index is 1.80. The van der Waals surface area contributed by atoms with Crippen LogP contribution in [-0.4, -0.2) is 54.0 Å². The molecule has 2 N–H and O–H groups in total. The quantitative estimate of drug-likeness (QED) is 0.813. The standard InChI is InChI=1S/C13H21N5O/c1-3-18-5-4-10(9-18)6-17-13(19)11-7-16-12(14-2)8-15-11/h7-8,10H,3-6,9H2,1-2H3,(H,14,16)(H,17,19). The van der Waals surface area contributed by atoms with Crippen molar-refractivity contribution < 1.29 is 4.79 Å². The molecule has 19 heavy (non-hydrogen) atoms. The van der Waals surface area contributed by atoms with Crippen molar-refractivity contribution in [1.82, 2.24) is 20.2 Å². The zero-order chi connectivity index (χ0) is 13.7. The maximum absolute atomic E-state index is 11.9. The molecular weight excluding hydrogens is 242 g/mol. The maximum atomic E-state index is 11.9. The number of nitrogens with zero attached hydrogens (tertiary/aromatic N) is 3. The fraction of sp³-hybridized carbons (Fsp3) is 0.615. The van der Waals surface area contributed by atoms with E-state index >= 15 is 0 Å². The van der Waals surface area contributed by atoms with Crippen molar-refractivity contribution in [2.24, 2.45) is 5.92 Å². The number of carbonyl (C=O) groups excluding carboxylic acids is 1. The number of aromatic nitrogens is 2. The van der Waals surface area contributed by atoms with E-state index in [1.54, 1.807) is 13.2 Å². The molecule has 0 aliphatic carbocycles. The van der Waals surface area contributed by atoms with Crippen LogP contribution < -0.4 is 10.6 Å². The van der Waals surface area contributed by atoms with E-state index in [1.165, 1.54) is 6.20 Å². The number of anilines is 1. The van der Waals surface area contributed by atoms with Gasteiger partial charge in [-0.05, 0) is 25.4 Å². The molecule has 6 heteroatoms. The van der Waals surface area contributed by atoms with Crippen LogP contribution in [0.3, 0.4) is 0 Å². The minimum atomic E-state index is -0.148. The second-order valence-electron chi connectivity index (χ2n) is 4.79. The van der Waals surface area contributed by atoms with E-state index in [2.05, 4.69) is 32.4 Å². The van der Waals surface area contributed by atoms with Crippen molar-refractivity contribution in [2.75, 3.05) is 38.5 Å². The number of hydrogen-bond acceptors (Lipinski definition) is 5. The fourth-order valence-corrected chi connectivity index (χ4v) is 2.27. The molecule has 0 bridgehead atoms. The summed E-state index contributed by atoms with van der Waals surface area (Å²) in [5.74, 6) is 1.06. The number of likely N-dealkylation sites (tertiary alicyclic amines) is 1. The van der Waals surface area contributed by atoms with Crippen molar-refractivity contribution in [3.8, 4) is 0 Å². The third kappa shape index (κ3) is 3.64. The molecule has 0 spiro atoms. The minimum Gasteiger partial charge on any atom is -0.372 e. The molecule has 1 unspecified atom stereocenters. The average molecular weight is 263 g/mol. The Bertz CT molecular complexity index is 420. The Morgan fingerprint density at radius 3 is 2.89 bits per heavy atom. The molecule has 1 aliphatic rings. The van der Waals surface area contributed by atoms with Crippen LogP contribution in [0.2, 0.25) is 0 Å². The number of carbonyl (C=O) groups is 1. The monoisotopic (exact) mass is 263 g/mol. The average Bonchev–Trinajstić information content (AvgIpc) is 2.93. The highest BCUT2D eigenvalue weighted by Crippen LogP contribution is 2.14. The molecule has 1 aliphatic heterocycles. The van der Waals surface area contributed by atoms with E-state index in [9.17, 15) is 4.79 Å². The van der Waals surface area contributed by atoms with Gasteiger partial charge in [-0.2, -0.15) is 0 Å². The largest absolute Gasteiger partial charge is 0.372 e. The Labute approximate surface area is 113 Å². The predicted octanol–water partition coefficient (Wildman–Crippen LogP) is 0.590. The molecule has 0 aromatic carbocycles. The smallest absolute Gasteiger partial charge is 0.271 e. The van der Waals surface area contributed by atoms with Gasteiger partial charge in [0.1, 0.15) is 11.5 Å². The molecule has 1 atom stereocenters. The van der Waals surface area contributed by atoms with Crippen LogP contribution in [0.25, 0.3) is 0 Å². The highest BCUT2D eigenvalue weighted by atomic mass is 16.1. The number of nitrogens with one attached hydrogen (secondary N) is 2. The summed E-state index contributed by atoms with van der Waals surface area (Å²) in [6.07, 6.45) is 4.20. The van der Waals surface area contributed by atoms with Gasteiger partial charge in [0.25, 0.3) is 5.91 Å². The number of hydrogen-bond donors (Lipinski definition) is 2. The SMILES string of the molecule is CCN1CCC(CNC(=O)c2cnc(NC)cn2)C1. The van der Waals surface area contributed by atoms with Gasteiger partial charge < -0.3 is 15.5 Å². The second kappa shape index (κ2) is 6.47. The number of amides is 1. The van der Waals surface area contributed by atoms with Gasteiger partial charge in [0.2, 0.25) is 0 Å². The first-order chi connectivity index (χ1) is 9.22. The normalized spacial score (nSPS) is 19.4. The molecule has 1 amide bonds. The van der Waals surface area contributed by atoms with E-state index in [1.807, 2.05) is 0 Å². The molecule has 1 saturated heterocycles. The van der Waals surface area contributed by atoms with E-state index in [0.717, 1.165) is 26.1 Å². The van der Waals surface area contributed by atoms with Gasteiger partial charge in [-0.15, -0.1) is 0 Å². The lowest BCUT2D eigenvalue weighted by Gasteiger charge is -2.13. The fourth-order valence-electron chi connectivity index (χ4n) is 2.27. The molecule has 6 nitrogen and oxygen atoms in total. The van der Waals surface area contributed by atoms with Gasteiger partial charge in [0.15, 0.2) is 0 Å². The molecule has 1 fully saturated rings. The van der Waals surface area contributed by atoms with Crippen LogP contribution in [0.4, 0.5) is 5.82 Å². The summed E-state index contributed by atoms with van der Waals surface area (Å²) in [6.45, 7) is 6.17. The predicted molar refractivity (Wildman–Crippen MR) is 74.1 cm³/mol. The zero-order valence-electron chi connectivity index (χ0n) is 11.5. The third-order valence-corrected chi connectivity index (χ3v) is 3.51. The van der Waals surface area contributed by atoms with Gasteiger partial charge in [-0.3, -0.25) is 4.79 Å². The van der Waals surface area contributed by atoms with Gasteiger partial charge >= 0.3 is 0 Å². The summed E-state index contributed by atoms with van der Waals surface area (Å²) in [5.41, 5.74) is 0.365. The Kier molecular flexibility index (Phi) is 4.68. The lowest BCUT2D eigenvalue weighted by Crippen LogP contribution is -2.31. The first-order valence-electron chi connectivity index (χ1n) is 6.73. The highest BCUT2D eigenvalue weighted by molar-refractivity contribution is 5.91. The molecule has 1 aromatic rings. The summed E-state index contributed by atoms with van der Waals surface area (Å²) >= 11 is 0. The van der Waals surface area contributed by atoms with Gasteiger partial charge in [-0.1, -0.05) is 6.92 Å². The Morgan fingerprint density at radius 1 is 1.47 bits per heavy atom. The molecule has 0 radical (unpaired) electrons. The molecule has 2 heterocycles. The maximum Gasteiger partial charge on any atom is 0.271 e. The van der Waals surface area contributed by atoms with E-state index < -0.39 is 0 Å². The first kappa shape index (κ1) is 13.7. The van der Waals surface area contributed by atoms with Crippen LogP contribution in [0, 0.1) is 5.92 Å². The Hall–Kier alpha value is -1.69. The lowest BCUT2D eigenvalue weighted by atomic mass is 10.1. The minimum absolute atomic E-state index is 0.148.